The lowest BCUT2D eigenvalue weighted by atomic mass is 10.0. The molecule has 1 heterocycles. The molecule has 0 amide bonds. The summed E-state index contributed by atoms with van der Waals surface area (Å²) in [5.74, 6) is 2.28. The van der Waals surface area contributed by atoms with Crippen LogP contribution in [-0.2, 0) is 0 Å². The molecule has 0 fully saturated rings. The fourth-order valence-electron chi connectivity index (χ4n) is 2.37. The van der Waals surface area contributed by atoms with E-state index in [0.29, 0.717) is 12.5 Å². The number of halogens is 1. The first-order valence-corrected chi connectivity index (χ1v) is 7.81. The number of rotatable bonds is 6. The summed E-state index contributed by atoms with van der Waals surface area (Å²) >= 11 is 3.54. The normalized spacial score (nSPS) is 15.2. The average Bonchev–Trinajstić information content (AvgIpc) is 2.86. The van der Waals surface area contributed by atoms with Crippen molar-refractivity contribution < 1.29 is 9.47 Å². The van der Waals surface area contributed by atoms with E-state index in [4.69, 9.17) is 15.2 Å². The van der Waals surface area contributed by atoms with Gasteiger partial charge < -0.3 is 15.2 Å². The number of hydrogen-bond donors (Lipinski definition) is 1. The zero-order valence-corrected chi connectivity index (χ0v) is 13.9. The highest BCUT2D eigenvalue weighted by atomic mass is 79.9. The number of fused-ring (bicyclic) bond motifs is 1. The summed E-state index contributed by atoms with van der Waals surface area (Å²) in [6.07, 6.45) is 1.17. The van der Waals surface area contributed by atoms with Gasteiger partial charge in [-0.25, -0.2) is 0 Å². The number of benzene rings is 1. The molecule has 1 atom stereocenters. The minimum atomic E-state index is 0.194. The Bertz CT molecular complexity index is 465. The SMILES string of the molecule is CC(C)CCN(C)C(CN)c1cc(Br)c2c(c1)OCO2. The van der Waals surface area contributed by atoms with Gasteiger partial charge in [-0.3, -0.25) is 4.90 Å². The molecular weight excluding hydrogens is 320 g/mol. The Balaban J connectivity index is 2.17. The second-order valence-corrected chi connectivity index (χ2v) is 6.51. The van der Waals surface area contributed by atoms with Crippen LogP contribution in [0.1, 0.15) is 31.9 Å². The molecule has 0 bridgehead atoms. The van der Waals surface area contributed by atoms with Gasteiger partial charge in [-0.05, 0) is 59.6 Å². The first kappa shape index (κ1) is 15.6. The summed E-state index contributed by atoms with van der Waals surface area (Å²) < 4.78 is 11.8. The highest BCUT2D eigenvalue weighted by Gasteiger charge is 2.23. The van der Waals surface area contributed by atoms with Crippen LogP contribution in [0.3, 0.4) is 0 Å². The molecule has 4 nitrogen and oxygen atoms in total. The van der Waals surface area contributed by atoms with E-state index in [9.17, 15) is 0 Å². The third-order valence-corrected chi connectivity index (χ3v) is 4.24. The van der Waals surface area contributed by atoms with E-state index in [1.54, 1.807) is 0 Å². The average molecular weight is 343 g/mol. The highest BCUT2D eigenvalue weighted by Crippen LogP contribution is 2.41. The monoisotopic (exact) mass is 342 g/mol. The summed E-state index contributed by atoms with van der Waals surface area (Å²) in [6.45, 7) is 6.38. The van der Waals surface area contributed by atoms with Crippen molar-refractivity contribution in [2.24, 2.45) is 11.7 Å². The van der Waals surface area contributed by atoms with Crippen LogP contribution in [0.5, 0.6) is 11.5 Å². The third-order valence-electron chi connectivity index (χ3n) is 3.65. The Labute approximate surface area is 129 Å². The van der Waals surface area contributed by atoms with Gasteiger partial charge >= 0.3 is 0 Å². The molecule has 0 aromatic heterocycles. The van der Waals surface area contributed by atoms with Gasteiger partial charge in [0.15, 0.2) is 11.5 Å². The van der Waals surface area contributed by atoms with E-state index >= 15 is 0 Å². The van der Waals surface area contributed by atoms with E-state index in [2.05, 4.69) is 47.8 Å². The molecule has 0 saturated heterocycles. The van der Waals surface area contributed by atoms with Crippen molar-refractivity contribution in [3.8, 4) is 11.5 Å². The van der Waals surface area contributed by atoms with E-state index in [0.717, 1.165) is 28.1 Å². The van der Waals surface area contributed by atoms with Crippen molar-refractivity contribution >= 4 is 15.9 Å². The maximum Gasteiger partial charge on any atom is 0.231 e. The molecule has 1 aliphatic heterocycles. The molecule has 0 radical (unpaired) electrons. The van der Waals surface area contributed by atoms with E-state index in [-0.39, 0.29) is 12.8 Å². The first-order chi connectivity index (χ1) is 9.52. The summed E-state index contributed by atoms with van der Waals surface area (Å²) in [5, 5.41) is 0. The Hall–Kier alpha value is -0.780. The van der Waals surface area contributed by atoms with Crippen LogP contribution in [0.25, 0.3) is 0 Å². The van der Waals surface area contributed by atoms with Gasteiger partial charge in [0.05, 0.1) is 4.47 Å². The Kier molecular flexibility index (Phi) is 5.29. The quantitative estimate of drug-likeness (QED) is 0.862. The van der Waals surface area contributed by atoms with Crippen molar-refractivity contribution in [1.82, 2.24) is 4.90 Å². The lowest BCUT2D eigenvalue weighted by Crippen LogP contribution is -2.31. The summed E-state index contributed by atoms with van der Waals surface area (Å²) in [7, 11) is 2.12. The summed E-state index contributed by atoms with van der Waals surface area (Å²) in [4.78, 5) is 2.31. The molecule has 1 unspecified atom stereocenters. The van der Waals surface area contributed by atoms with Crippen molar-refractivity contribution in [1.29, 1.82) is 0 Å². The Morgan fingerprint density at radius 3 is 2.75 bits per heavy atom. The van der Waals surface area contributed by atoms with E-state index in [1.807, 2.05) is 6.07 Å². The summed E-state index contributed by atoms with van der Waals surface area (Å²) in [5.41, 5.74) is 7.14. The van der Waals surface area contributed by atoms with Crippen LogP contribution in [0.2, 0.25) is 0 Å². The van der Waals surface area contributed by atoms with Crippen LogP contribution in [0, 0.1) is 5.92 Å². The van der Waals surface area contributed by atoms with Crippen LogP contribution in [0.4, 0.5) is 0 Å². The van der Waals surface area contributed by atoms with E-state index < -0.39 is 0 Å². The number of hydrogen-bond acceptors (Lipinski definition) is 4. The van der Waals surface area contributed by atoms with Crippen molar-refractivity contribution in [2.45, 2.75) is 26.3 Å². The zero-order valence-electron chi connectivity index (χ0n) is 12.4. The van der Waals surface area contributed by atoms with Crippen LogP contribution >= 0.6 is 15.9 Å². The third kappa shape index (κ3) is 3.45. The number of likely N-dealkylation sites (N-methyl/N-ethyl adjacent to an activating group) is 1. The lowest BCUT2D eigenvalue weighted by molar-refractivity contribution is 0.173. The lowest BCUT2D eigenvalue weighted by Gasteiger charge is -2.28. The summed E-state index contributed by atoms with van der Waals surface area (Å²) in [6, 6.07) is 4.31. The van der Waals surface area contributed by atoms with Gasteiger partial charge in [0, 0.05) is 12.6 Å². The second-order valence-electron chi connectivity index (χ2n) is 5.65. The molecule has 1 aromatic carbocycles. The molecule has 2 rings (SSSR count). The molecule has 5 heteroatoms. The Morgan fingerprint density at radius 2 is 2.10 bits per heavy atom. The molecule has 1 aliphatic rings. The van der Waals surface area contributed by atoms with Crippen molar-refractivity contribution in [3.05, 3.63) is 22.2 Å². The molecule has 20 heavy (non-hydrogen) atoms. The maximum atomic E-state index is 5.98. The molecule has 0 spiro atoms. The molecular formula is C15H23BrN2O2. The number of nitrogens with two attached hydrogens (primary N) is 1. The minimum Gasteiger partial charge on any atom is -0.454 e. The van der Waals surface area contributed by atoms with Gasteiger partial charge in [0.2, 0.25) is 6.79 Å². The van der Waals surface area contributed by atoms with Crippen LogP contribution < -0.4 is 15.2 Å². The van der Waals surface area contributed by atoms with Crippen LogP contribution in [0.15, 0.2) is 16.6 Å². The maximum absolute atomic E-state index is 5.98. The molecule has 112 valence electrons. The molecule has 1 aromatic rings. The topological polar surface area (TPSA) is 47.7 Å². The van der Waals surface area contributed by atoms with Gasteiger partial charge in [0.25, 0.3) is 0 Å². The standard InChI is InChI=1S/C15H23BrN2O2/c1-10(2)4-5-18(3)13(8-17)11-6-12(16)15-14(7-11)19-9-20-15/h6-7,10,13H,4-5,8-9,17H2,1-3H3. The van der Waals surface area contributed by atoms with Gasteiger partial charge in [0.1, 0.15) is 0 Å². The van der Waals surface area contributed by atoms with Crippen molar-refractivity contribution in [2.75, 3.05) is 26.9 Å². The van der Waals surface area contributed by atoms with Gasteiger partial charge in [-0.1, -0.05) is 13.8 Å². The molecule has 0 aliphatic carbocycles. The fraction of sp³-hybridized carbons (Fsp3) is 0.600. The highest BCUT2D eigenvalue weighted by molar-refractivity contribution is 9.10. The number of nitrogens with zero attached hydrogens (tertiary/aromatic N) is 1. The predicted molar refractivity (Wildman–Crippen MR) is 84.1 cm³/mol. The smallest absolute Gasteiger partial charge is 0.231 e. The number of ether oxygens (including phenoxy) is 2. The first-order valence-electron chi connectivity index (χ1n) is 7.02. The fourth-order valence-corrected chi connectivity index (χ4v) is 2.94. The van der Waals surface area contributed by atoms with Crippen LogP contribution in [-0.4, -0.2) is 31.8 Å². The Morgan fingerprint density at radius 1 is 1.35 bits per heavy atom. The predicted octanol–water partition coefficient (Wildman–Crippen LogP) is 3.16. The molecule has 0 saturated carbocycles. The van der Waals surface area contributed by atoms with Gasteiger partial charge in [-0.15, -0.1) is 0 Å². The zero-order chi connectivity index (χ0) is 14.7. The van der Waals surface area contributed by atoms with Crippen molar-refractivity contribution in [3.63, 3.8) is 0 Å². The largest absolute Gasteiger partial charge is 0.454 e. The van der Waals surface area contributed by atoms with E-state index in [1.165, 1.54) is 6.42 Å². The second kappa shape index (κ2) is 6.78. The van der Waals surface area contributed by atoms with Gasteiger partial charge in [-0.2, -0.15) is 0 Å². The minimum absolute atomic E-state index is 0.194. The molecule has 2 N–H and O–H groups in total.